The number of aromatic nitrogens is 1. The van der Waals surface area contributed by atoms with Crippen LogP contribution >= 0.6 is 12.6 Å². The molecule has 4 aromatic rings. The Bertz CT molecular complexity index is 1380. The maximum Gasteiger partial charge on any atom is 0.259 e. The molecule has 1 aromatic heterocycles. The molecule has 2 N–H and O–H groups in total. The Kier molecular flexibility index (Phi) is 6.84. The molecule has 0 aliphatic rings. The lowest BCUT2D eigenvalue weighted by Gasteiger charge is -2.12. The van der Waals surface area contributed by atoms with Crippen LogP contribution in [0.2, 0.25) is 0 Å². The van der Waals surface area contributed by atoms with Crippen molar-refractivity contribution in [1.29, 1.82) is 0 Å². The fraction of sp³-hybridized carbons (Fsp3) is 0. The van der Waals surface area contributed by atoms with Crippen LogP contribution in [0.15, 0.2) is 95.1 Å². The second-order valence-electron chi connectivity index (χ2n) is 7.54. The van der Waals surface area contributed by atoms with E-state index in [9.17, 15) is 14.5 Å². The number of carbonyl (C=O) groups excluding carboxylic acids is 2. The standard InChI is InChI=1S/C25H19BN4O3S/c26-17-9-12-23(27-14-17)29-25(32)20-13-18(30-33)10-11-21(20)28-24(31)16-7-5-15(6-8-16)19-3-1-2-4-22(19)34/h1-14,34H,26H2,(H,28,31)(H,27,29,32). The van der Waals surface area contributed by atoms with Gasteiger partial charge >= 0.3 is 0 Å². The first-order valence-electron chi connectivity index (χ1n) is 10.4. The van der Waals surface area contributed by atoms with Gasteiger partial charge in [-0.2, -0.15) is 0 Å². The Morgan fingerprint density at radius 1 is 0.882 bits per heavy atom. The Morgan fingerprint density at radius 2 is 1.65 bits per heavy atom. The highest BCUT2D eigenvalue weighted by atomic mass is 32.1. The summed E-state index contributed by atoms with van der Waals surface area (Å²) in [6, 6.07) is 22.4. The minimum atomic E-state index is -0.530. The molecule has 1 heterocycles. The molecule has 166 valence electrons. The molecule has 0 radical (unpaired) electrons. The third kappa shape index (κ3) is 5.21. The third-order valence-electron chi connectivity index (χ3n) is 5.12. The van der Waals surface area contributed by atoms with Crippen LogP contribution in [0.4, 0.5) is 17.2 Å². The van der Waals surface area contributed by atoms with E-state index in [-0.39, 0.29) is 16.9 Å². The number of amides is 2. The molecule has 0 aliphatic carbocycles. The molecule has 0 saturated heterocycles. The third-order valence-corrected chi connectivity index (χ3v) is 5.51. The van der Waals surface area contributed by atoms with Crippen LogP contribution in [0.25, 0.3) is 11.1 Å². The van der Waals surface area contributed by atoms with Crippen molar-refractivity contribution >= 4 is 54.9 Å². The quantitative estimate of drug-likeness (QED) is 0.225. The van der Waals surface area contributed by atoms with Crippen molar-refractivity contribution in [3.05, 3.63) is 101 Å². The highest BCUT2D eigenvalue weighted by molar-refractivity contribution is 7.80. The smallest absolute Gasteiger partial charge is 0.259 e. The van der Waals surface area contributed by atoms with Crippen molar-refractivity contribution in [2.75, 3.05) is 10.6 Å². The van der Waals surface area contributed by atoms with E-state index in [2.05, 4.69) is 33.4 Å². The van der Waals surface area contributed by atoms with E-state index < -0.39 is 11.8 Å². The first-order valence-corrected chi connectivity index (χ1v) is 10.8. The lowest BCUT2D eigenvalue weighted by molar-refractivity contribution is 0.102. The summed E-state index contributed by atoms with van der Waals surface area (Å²) in [5, 5.41) is 8.31. The number of nitroso groups, excluding NO2 is 1. The SMILES string of the molecule is Bc1ccc(NC(=O)c2cc(N=O)ccc2NC(=O)c2ccc(-c3ccccc3S)cc2)nc1. The highest BCUT2D eigenvalue weighted by Crippen LogP contribution is 2.27. The second-order valence-corrected chi connectivity index (χ2v) is 8.03. The zero-order valence-corrected chi connectivity index (χ0v) is 19.0. The second kappa shape index (κ2) is 10.1. The van der Waals surface area contributed by atoms with Gasteiger partial charge < -0.3 is 10.6 Å². The largest absolute Gasteiger partial charge is 0.321 e. The summed E-state index contributed by atoms with van der Waals surface area (Å²) in [6.07, 6.45) is 1.62. The minimum absolute atomic E-state index is 0.0646. The average molecular weight is 466 g/mol. The van der Waals surface area contributed by atoms with E-state index in [1.807, 2.05) is 50.3 Å². The number of nitrogens with zero attached hydrogens (tertiary/aromatic N) is 2. The molecule has 0 unspecified atom stereocenters. The fourth-order valence-corrected chi connectivity index (χ4v) is 3.61. The highest BCUT2D eigenvalue weighted by Gasteiger charge is 2.17. The van der Waals surface area contributed by atoms with Gasteiger partial charge in [0.2, 0.25) is 0 Å². The Hall–Kier alpha value is -4.24. The topological polar surface area (TPSA) is 101 Å². The monoisotopic (exact) mass is 466 g/mol. The summed E-state index contributed by atoms with van der Waals surface area (Å²) in [5.41, 5.74) is 3.63. The molecule has 0 spiro atoms. The summed E-state index contributed by atoms with van der Waals surface area (Å²) in [7, 11) is 1.88. The van der Waals surface area contributed by atoms with Gasteiger partial charge in [0.25, 0.3) is 11.8 Å². The van der Waals surface area contributed by atoms with Gasteiger partial charge in [0.15, 0.2) is 0 Å². The van der Waals surface area contributed by atoms with Gasteiger partial charge in [-0.15, -0.1) is 17.5 Å². The van der Waals surface area contributed by atoms with Crippen LogP contribution in [0.5, 0.6) is 0 Å². The van der Waals surface area contributed by atoms with Crippen molar-refractivity contribution in [3.63, 3.8) is 0 Å². The zero-order chi connectivity index (χ0) is 24.1. The van der Waals surface area contributed by atoms with Gasteiger partial charge in [-0.25, -0.2) is 4.98 Å². The number of hydrogen-bond acceptors (Lipinski definition) is 6. The van der Waals surface area contributed by atoms with Crippen LogP contribution in [0.1, 0.15) is 20.7 Å². The first-order chi connectivity index (χ1) is 16.4. The number of rotatable bonds is 6. The molecule has 9 heteroatoms. The number of carbonyl (C=O) groups is 2. The van der Waals surface area contributed by atoms with E-state index in [0.717, 1.165) is 21.5 Å². The summed E-state index contributed by atoms with van der Waals surface area (Å²) in [4.78, 5) is 41.8. The van der Waals surface area contributed by atoms with Gasteiger partial charge in [-0.1, -0.05) is 41.9 Å². The molecule has 7 nitrogen and oxygen atoms in total. The Balaban J connectivity index is 1.56. The van der Waals surface area contributed by atoms with Crippen molar-refractivity contribution in [2.45, 2.75) is 4.90 Å². The molecule has 0 saturated carbocycles. The number of hydrogen-bond donors (Lipinski definition) is 3. The lowest BCUT2D eigenvalue weighted by atomic mass is 9.99. The molecule has 3 aromatic carbocycles. The van der Waals surface area contributed by atoms with Crippen molar-refractivity contribution in [2.24, 2.45) is 5.18 Å². The van der Waals surface area contributed by atoms with Gasteiger partial charge in [-0.3, -0.25) is 9.59 Å². The van der Waals surface area contributed by atoms with Crippen LogP contribution < -0.4 is 16.1 Å². The van der Waals surface area contributed by atoms with Crippen molar-refractivity contribution in [3.8, 4) is 11.1 Å². The fourth-order valence-electron chi connectivity index (χ4n) is 3.32. The van der Waals surface area contributed by atoms with E-state index in [0.29, 0.717) is 11.4 Å². The summed E-state index contributed by atoms with van der Waals surface area (Å²) in [5.74, 6) is -0.588. The maximum atomic E-state index is 12.9. The number of anilines is 2. The molecule has 0 atom stereocenters. The Morgan fingerprint density at radius 3 is 2.32 bits per heavy atom. The number of nitrogens with one attached hydrogen (secondary N) is 2. The number of thiol groups is 1. The summed E-state index contributed by atoms with van der Waals surface area (Å²) < 4.78 is 0. The van der Waals surface area contributed by atoms with Gasteiger partial charge in [-0.05, 0) is 58.8 Å². The van der Waals surface area contributed by atoms with Gasteiger partial charge in [0, 0.05) is 16.7 Å². The number of pyridine rings is 1. The van der Waals surface area contributed by atoms with E-state index >= 15 is 0 Å². The van der Waals surface area contributed by atoms with E-state index in [4.69, 9.17) is 0 Å². The molecule has 2 amide bonds. The predicted octanol–water partition coefficient (Wildman–Crippen LogP) is 4.20. The zero-order valence-electron chi connectivity index (χ0n) is 18.1. The molecule has 0 bridgehead atoms. The maximum absolute atomic E-state index is 12.9. The predicted molar refractivity (Wildman–Crippen MR) is 139 cm³/mol. The van der Waals surface area contributed by atoms with Crippen molar-refractivity contribution in [1.82, 2.24) is 4.98 Å². The van der Waals surface area contributed by atoms with Crippen molar-refractivity contribution < 1.29 is 9.59 Å². The van der Waals surface area contributed by atoms with Gasteiger partial charge in [0.05, 0.1) is 11.3 Å². The normalized spacial score (nSPS) is 10.4. The van der Waals surface area contributed by atoms with E-state index in [1.54, 1.807) is 24.4 Å². The Labute approximate surface area is 202 Å². The summed E-state index contributed by atoms with van der Waals surface area (Å²) in [6.45, 7) is 0. The molecule has 0 fully saturated rings. The average Bonchev–Trinajstić information content (AvgIpc) is 2.86. The van der Waals surface area contributed by atoms with Crippen LogP contribution in [-0.4, -0.2) is 24.6 Å². The summed E-state index contributed by atoms with van der Waals surface area (Å²) >= 11 is 4.48. The van der Waals surface area contributed by atoms with Crippen LogP contribution in [0, 0.1) is 4.91 Å². The molecular weight excluding hydrogens is 447 g/mol. The lowest BCUT2D eigenvalue weighted by Crippen LogP contribution is -2.19. The van der Waals surface area contributed by atoms with Gasteiger partial charge in [0.1, 0.15) is 19.4 Å². The van der Waals surface area contributed by atoms with E-state index in [1.165, 1.54) is 18.2 Å². The van der Waals surface area contributed by atoms with Crippen LogP contribution in [0.3, 0.4) is 0 Å². The minimum Gasteiger partial charge on any atom is -0.321 e. The van der Waals surface area contributed by atoms with Crippen LogP contribution in [-0.2, 0) is 0 Å². The molecule has 34 heavy (non-hydrogen) atoms. The molecule has 4 rings (SSSR count). The molecule has 0 aliphatic heterocycles. The number of benzene rings is 3. The first kappa shape index (κ1) is 22.9. The molecular formula is C25H19BN4O3S.